The van der Waals surface area contributed by atoms with Crippen LogP contribution in [0.15, 0.2) is 66.7 Å². The first-order valence-corrected chi connectivity index (χ1v) is 15.6. The van der Waals surface area contributed by atoms with Gasteiger partial charge in [0.1, 0.15) is 29.5 Å². The summed E-state index contributed by atoms with van der Waals surface area (Å²) < 4.78 is 16.9. The van der Waals surface area contributed by atoms with Crippen LogP contribution in [0.4, 0.5) is 5.82 Å². The van der Waals surface area contributed by atoms with Gasteiger partial charge in [-0.2, -0.15) is 0 Å². The number of rotatable bonds is 11. The van der Waals surface area contributed by atoms with Crippen molar-refractivity contribution in [1.29, 1.82) is 0 Å². The average Bonchev–Trinajstić information content (AvgIpc) is 3.48. The maximum Gasteiger partial charge on any atom is 0.156 e. The highest BCUT2D eigenvalue weighted by molar-refractivity contribution is 6.00. The molecule has 0 bridgehead atoms. The van der Waals surface area contributed by atoms with E-state index in [9.17, 15) is 0 Å². The van der Waals surface area contributed by atoms with Crippen LogP contribution in [-0.2, 0) is 6.54 Å². The minimum Gasteiger partial charge on any atom is -0.497 e. The van der Waals surface area contributed by atoms with E-state index in [4.69, 9.17) is 14.2 Å². The van der Waals surface area contributed by atoms with E-state index in [1.54, 1.807) is 14.2 Å². The van der Waals surface area contributed by atoms with E-state index in [0.29, 0.717) is 6.04 Å². The number of benzene rings is 3. The molecule has 1 aromatic heterocycles. The van der Waals surface area contributed by atoms with Crippen molar-refractivity contribution in [2.24, 2.45) is 0 Å². The summed E-state index contributed by atoms with van der Waals surface area (Å²) in [4.78, 5) is 5.05. The zero-order valence-electron chi connectivity index (χ0n) is 25.4. The largest absolute Gasteiger partial charge is 0.497 e. The lowest BCUT2D eigenvalue weighted by Gasteiger charge is -2.21. The van der Waals surface area contributed by atoms with E-state index in [1.165, 1.54) is 31.5 Å². The van der Waals surface area contributed by atoms with Crippen LogP contribution in [0.5, 0.6) is 17.2 Å². The molecule has 8 nitrogen and oxygen atoms in total. The number of aromatic nitrogens is 2. The average molecular weight is 582 g/mol. The second-order valence-corrected chi connectivity index (χ2v) is 11.6. The second-order valence-electron chi connectivity index (χ2n) is 11.6. The Morgan fingerprint density at radius 1 is 0.721 bits per heavy atom. The SMILES string of the molecule is COc1ccc(-c2nnc(NC3CCCN(Cc4ccc(OCCN5CCCC5)cc4)CC3)c3cc(OC)ccc23)cc1. The lowest BCUT2D eigenvalue weighted by molar-refractivity contribution is 0.237. The summed E-state index contributed by atoms with van der Waals surface area (Å²) in [7, 11) is 3.37. The van der Waals surface area contributed by atoms with Gasteiger partial charge in [0.25, 0.3) is 0 Å². The fourth-order valence-electron chi connectivity index (χ4n) is 6.23. The molecular formula is C35H43N5O3. The molecule has 0 radical (unpaired) electrons. The van der Waals surface area contributed by atoms with Gasteiger partial charge in [0.15, 0.2) is 5.82 Å². The summed E-state index contributed by atoms with van der Waals surface area (Å²) >= 11 is 0. The van der Waals surface area contributed by atoms with Crippen molar-refractivity contribution in [1.82, 2.24) is 20.0 Å². The van der Waals surface area contributed by atoms with Crippen LogP contribution >= 0.6 is 0 Å². The molecule has 2 fully saturated rings. The highest BCUT2D eigenvalue weighted by Gasteiger charge is 2.20. The lowest BCUT2D eigenvalue weighted by Crippen LogP contribution is -2.26. The van der Waals surface area contributed by atoms with Gasteiger partial charge in [-0.15, -0.1) is 10.2 Å². The Hall–Kier alpha value is -3.88. The van der Waals surface area contributed by atoms with Crippen LogP contribution < -0.4 is 19.5 Å². The van der Waals surface area contributed by atoms with Crippen molar-refractivity contribution in [3.63, 3.8) is 0 Å². The zero-order valence-corrected chi connectivity index (χ0v) is 25.4. The number of hydrogen-bond donors (Lipinski definition) is 1. The van der Waals surface area contributed by atoms with E-state index in [1.807, 2.05) is 30.3 Å². The summed E-state index contributed by atoms with van der Waals surface area (Å²) in [6.45, 7) is 7.28. The molecule has 4 aromatic rings. The standard InChI is InChI=1S/C35H43N5O3/c1-41-29-13-9-27(10-14-29)34-32-16-15-31(42-2)24-33(32)35(38-37-34)36-28-6-5-20-40(21-17-28)25-26-7-11-30(12-8-26)43-23-22-39-18-3-4-19-39/h7-16,24,28H,3-6,17-23,25H2,1-2H3,(H,36,38). The molecule has 1 N–H and O–H groups in total. The maximum absolute atomic E-state index is 6.00. The summed E-state index contributed by atoms with van der Waals surface area (Å²) in [6.07, 6.45) is 5.91. The third-order valence-electron chi connectivity index (χ3n) is 8.72. The van der Waals surface area contributed by atoms with E-state index in [2.05, 4.69) is 61.7 Å². The molecule has 1 unspecified atom stereocenters. The Kier molecular flexibility index (Phi) is 9.55. The van der Waals surface area contributed by atoms with Crippen molar-refractivity contribution in [2.45, 2.75) is 44.7 Å². The molecule has 3 aromatic carbocycles. The first-order chi connectivity index (χ1) is 21.2. The normalized spacial score (nSPS) is 18.0. The molecule has 0 amide bonds. The molecule has 1 atom stereocenters. The Bertz CT molecular complexity index is 1470. The molecule has 43 heavy (non-hydrogen) atoms. The molecule has 0 spiro atoms. The topological polar surface area (TPSA) is 72.0 Å². The molecule has 3 heterocycles. The Morgan fingerprint density at radius 2 is 1.44 bits per heavy atom. The van der Waals surface area contributed by atoms with Gasteiger partial charge in [-0.05, 0) is 112 Å². The number of ether oxygens (including phenoxy) is 3. The lowest BCUT2D eigenvalue weighted by atomic mass is 10.0. The number of nitrogens with zero attached hydrogens (tertiary/aromatic N) is 4. The van der Waals surface area contributed by atoms with Crippen LogP contribution in [0, 0.1) is 0 Å². The van der Waals surface area contributed by atoms with Gasteiger partial charge < -0.3 is 19.5 Å². The molecule has 0 aliphatic carbocycles. The van der Waals surface area contributed by atoms with Crippen molar-refractivity contribution < 1.29 is 14.2 Å². The molecule has 8 heteroatoms. The molecular weight excluding hydrogens is 538 g/mol. The number of likely N-dealkylation sites (tertiary alicyclic amines) is 2. The minimum absolute atomic E-state index is 0.326. The van der Waals surface area contributed by atoms with Crippen molar-refractivity contribution in [2.75, 3.05) is 58.9 Å². The molecule has 2 saturated heterocycles. The van der Waals surface area contributed by atoms with Gasteiger partial charge in [-0.1, -0.05) is 12.1 Å². The first kappa shape index (κ1) is 29.2. The van der Waals surface area contributed by atoms with E-state index >= 15 is 0 Å². The number of fused-ring (bicyclic) bond motifs is 1. The van der Waals surface area contributed by atoms with Crippen LogP contribution in [0.2, 0.25) is 0 Å². The number of hydrogen-bond acceptors (Lipinski definition) is 8. The van der Waals surface area contributed by atoms with Crippen molar-refractivity contribution in [3.05, 3.63) is 72.3 Å². The van der Waals surface area contributed by atoms with Gasteiger partial charge >= 0.3 is 0 Å². The van der Waals surface area contributed by atoms with Gasteiger partial charge in [-0.25, -0.2) is 0 Å². The van der Waals surface area contributed by atoms with Crippen LogP contribution in [0.1, 0.15) is 37.7 Å². The summed E-state index contributed by atoms with van der Waals surface area (Å²) in [5.74, 6) is 3.40. The van der Waals surface area contributed by atoms with E-state index < -0.39 is 0 Å². The third-order valence-corrected chi connectivity index (χ3v) is 8.72. The molecule has 0 saturated carbocycles. The van der Waals surface area contributed by atoms with Gasteiger partial charge in [0, 0.05) is 42.0 Å². The Balaban J connectivity index is 1.08. The smallest absolute Gasteiger partial charge is 0.156 e. The monoisotopic (exact) mass is 581 g/mol. The highest BCUT2D eigenvalue weighted by Crippen LogP contribution is 2.34. The summed E-state index contributed by atoms with van der Waals surface area (Å²) in [5, 5.41) is 15.2. The molecule has 6 rings (SSSR count). The van der Waals surface area contributed by atoms with Crippen LogP contribution in [0.25, 0.3) is 22.0 Å². The molecule has 2 aliphatic heterocycles. The maximum atomic E-state index is 6.00. The van der Waals surface area contributed by atoms with Gasteiger partial charge in [0.05, 0.1) is 14.2 Å². The third kappa shape index (κ3) is 7.37. The highest BCUT2D eigenvalue weighted by atomic mass is 16.5. The Morgan fingerprint density at radius 3 is 2.21 bits per heavy atom. The van der Waals surface area contributed by atoms with Gasteiger partial charge in [0.2, 0.25) is 0 Å². The minimum atomic E-state index is 0.326. The van der Waals surface area contributed by atoms with Gasteiger partial charge in [-0.3, -0.25) is 9.80 Å². The first-order valence-electron chi connectivity index (χ1n) is 15.6. The zero-order chi connectivity index (χ0) is 29.4. The summed E-state index contributed by atoms with van der Waals surface area (Å²) in [5.41, 5.74) is 3.18. The predicted molar refractivity (Wildman–Crippen MR) is 172 cm³/mol. The quantitative estimate of drug-likeness (QED) is 0.223. The summed E-state index contributed by atoms with van der Waals surface area (Å²) in [6, 6.07) is 23.1. The van der Waals surface area contributed by atoms with E-state index in [0.717, 1.165) is 97.1 Å². The number of nitrogens with one attached hydrogen (secondary N) is 1. The predicted octanol–water partition coefficient (Wildman–Crippen LogP) is 6.26. The number of anilines is 1. The molecule has 226 valence electrons. The van der Waals surface area contributed by atoms with E-state index in [-0.39, 0.29) is 0 Å². The molecule has 2 aliphatic rings. The number of methoxy groups -OCH3 is 2. The van der Waals surface area contributed by atoms with Crippen LogP contribution in [0.3, 0.4) is 0 Å². The van der Waals surface area contributed by atoms with Crippen LogP contribution in [-0.4, -0.2) is 79.6 Å². The fraction of sp³-hybridized carbons (Fsp3) is 0.429. The second kappa shape index (κ2) is 14.1. The Labute approximate surface area is 255 Å². The fourth-order valence-corrected chi connectivity index (χ4v) is 6.23. The van der Waals surface area contributed by atoms with Crippen molar-refractivity contribution >= 4 is 16.6 Å². The van der Waals surface area contributed by atoms with Crippen molar-refractivity contribution in [3.8, 4) is 28.5 Å².